The fourth-order valence-electron chi connectivity index (χ4n) is 4.43. The Kier molecular flexibility index (Phi) is 5.66. The molecular weight excluding hydrogens is 396 g/mol. The summed E-state index contributed by atoms with van der Waals surface area (Å²) in [5, 5.41) is 0. The molecule has 1 aliphatic heterocycles. The first kappa shape index (κ1) is 19.7. The Bertz CT molecular complexity index is 953. The first-order valence-corrected chi connectivity index (χ1v) is 12.1. The summed E-state index contributed by atoms with van der Waals surface area (Å²) in [6.45, 7) is 0.680. The largest absolute Gasteiger partial charge is 0.342 e. The molecule has 4 rings (SSSR count). The van der Waals surface area contributed by atoms with Crippen LogP contribution in [-0.2, 0) is 14.8 Å². The van der Waals surface area contributed by atoms with Crippen molar-refractivity contribution in [3.8, 4) is 0 Å². The van der Waals surface area contributed by atoms with Crippen LogP contribution in [0.1, 0.15) is 44.9 Å². The number of carbonyl (C=O) groups excluding carboxylic acids is 1. The fraction of sp³-hybridized carbons (Fsp3) is 0.632. The Balaban J connectivity index is 1.53. The quantitative estimate of drug-likeness (QED) is 0.756. The third-order valence-corrected chi connectivity index (χ3v) is 8.51. The van der Waals surface area contributed by atoms with Gasteiger partial charge in [-0.25, -0.2) is 8.42 Å². The van der Waals surface area contributed by atoms with E-state index in [1.165, 1.54) is 23.6 Å². The number of piperidine rings is 1. The smallest absolute Gasteiger partial charge is 0.245 e. The highest BCUT2D eigenvalue weighted by Crippen LogP contribution is 2.30. The van der Waals surface area contributed by atoms with Gasteiger partial charge in [0, 0.05) is 26.2 Å². The number of carbonyl (C=O) groups is 1. The SMILES string of the molecule is CN(C(=O)[C@H]1CCCN(S(=O)(=O)c2cccc3nsnc23)C1)C1CCCCC1. The molecule has 1 aromatic carbocycles. The molecule has 0 radical (unpaired) electrons. The van der Waals surface area contributed by atoms with Crippen LogP contribution in [0.25, 0.3) is 11.0 Å². The molecule has 2 aliphatic rings. The van der Waals surface area contributed by atoms with Crippen molar-refractivity contribution < 1.29 is 13.2 Å². The monoisotopic (exact) mass is 422 g/mol. The number of amides is 1. The normalized spacial score (nSPS) is 22.4. The lowest BCUT2D eigenvalue weighted by Crippen LogP contribution is -2.48. The predicted octanol–water partition coefficient (Wildman–Crippen LogP) is 2.88. The number of hydrogen-bond donors (Lipinski definition) is 0. The van der Waals surface area contributed by atoms with Gasteiger partial charge in [0.15, 0.2) is 0 Å². The van der Waals surface area contributed by atoms with Crippen molar-refractivity contribution in [1.82, 2.24) is 18.0 Å². The summed E-state index contributed by atoms with van der Waals surface area (Å²) < 4.78 is 36.3. The van der Waals surface area contributed by atoms with E-state index in [0.29, 0.717) is 30.0 Å². The summed E-state index contributed by atoms with van der Waals surface area (Å²) in [5.41, 5.74) is 1.01. The number of rotatable bonds is 4. The number of hydrogen-bond acceptors (Lipinski definition) is 6. The van der Waals surface area contributed by atoms with Crippen LogP contribution >= 0.6 is 11.7 Å². The van der Waals surface area contributed by atoms with Gasteiger partial charge in [-0.3, -0.25) is 4.79 Å². The summed E-state index contributed by atoms with van der Waals surface area (Å²) in [7, 11) is -1.83. The van der Waals surface area contributed by atoms with Gasteiger partial charge in [-0.1, -0.05) is 25.3 Å². The van der Waals surface area contributed by atoms with Gasteiger partial charge >= 0.3 is 0 Å². The average molecular weight is 423 g/mol. The molecule has 0 spiro atoms. The number of benzene rings is 1. The first-order valence-electron chi connectivity index (χ1n) is 9.96. The Morgan fingerprint density at radius 3 is 2.71 bits per heavy atom. The van der Waals surface area contributed by atoms with Gasteiger partial charge in [-0.05, 0) is 37.8 Å². The third kappa shape index (κ3) is 3.67. The molecule has 0 bridgehead atoms. The second kappa shape index (κ2) is 8.04. The molecule has 28 heavy (non-hydrogen) atoms. The van der Waals surface area contributed by atoms with Gasteiger partial charge in [0.05, 0.1) is 17.6 Å². The lowest BCUT2D eigenvalue weighted by Gasteiger charge is -2.37. The second-order valence-corrected chi connectivity index (χ2v) is 10.3. The molecule has 2 aromatic rings. The molecule has 1 amide bonds. The van der Waals surface area contributed by atoms with Crippen molar-refractivity contribution in [3.05, 3.63) is 18.2 Å². The standard InChI is InChI=1S/C19H26N4O3S2/c1-22(15-8-3-2-4-9-15)19(24)14-7-6-12-23(13-14)28(25,26)17-11-5-10-16-18(17)21-27-20-16/h5,10-11,14-15H,2-4,6-9,12-13H2,1H3/t14-/m0/s1. The minimum atomic E-state index is -3.71. The van der Waals surface area contributed by atoms with E-state index >= 15 is 0 Å². The average Bonchev–Trinajstić information content (AvgIpc) is 3.22. The molecule has 2 fully saturated rings. The van der Waals surface area contributed by atoms with Crippen molar-refractivity contribution >= 4 is 38.7 Å². The third-order valence-electron chi connectivity index (χ3n) is 6.07. The summed E-state index contributed by atoms with van der Waals surface area (Å²) in [5.74, 6) is -0.191. The highest BCUT2D eigenvalue weighted by atomic mass is 32.2. The zero-order valence-corrected chi connectivity index (χ0v) is 17.7. The van der Waals surface area contributed by atoms with Crippen molar-refractivity contribution in [2.24, 2.45) is 5.92 Å². The molecule has 9 heteroatoms. The Morgan fingerprint density at radius 2 is 1.93 bits per heavy atom. The summed E-state index contributed by atoms with van der Waals surface area (Å²) in [6.07, 6.45) is 7.11. The van der Waals surface area contributed by atoms with E-state index in [1.54, 1.807) is 18.2 Å². The minimum Gasteiger partial charge on any atom is -0.342 e. The first-order chi connectivity index (χ1) is 13.5. The lowest BCUT2D eigenvalue weighted by molar-refractivity contribution is -0.138. The van der Waals surface area contributed by atoms with E-state index in [0.717, 1.165) is 31.0 Å². The Morgan fingerprint density at radius 1 is 1.14 bits per heavy atom. The summed E-state index contributed by atoms with van der Waals surface area (Å²) >= 11 is 1.01. The van der Waals surface area contributed by atoms with E-state index < -0.39 is 10.0 Å². The van der Waals surface area contributed by atoms with Crippen LogP contribution in [0.2, 0.25) is 0 Å². The number of aromatic nitrogens is 2. The van der Waals surface area contributed by atoms with Gasteiger partial charge in [0.2, 0.25) is 15.9 Å². The second-order valence-electron chi connectivity index (χ2n) is 7.83. The van der Waals surface area contributed by atoms with E-state index in [-0.39, 0.29) is 23.3 Å². The van der Waals surface area contributed by atoms with Crippen molar-refractivity contribution in [2.45, 2.75) is 55.9 Å². The van der Waals surface area contributed by atoms with Gasteiger partial charge in [-0.2, -0.15) is 13.1 Å². The molecule has 152 valence electrons. The maximum atomic E-state index is 13.3. The van der Waals surface area contributed by atoms with Crippen LogP contribution in [0.15, 0.2) is 23.1 Å². The van der Waals surface area contributed by atoms with Crippen LogP contribution in [0.4, 0.5) is 0 Å². The highest BCUT2D eigenvalue weighted by molar-refractivity contribution is 7.89. The minimum absolute atomic E-state index is 0.0836. The fourth-order valence-corrected chi connectivity index (χ4v) is 6.70. The van der Waals surface area contributed by atoms with Crippen molar-refractivity contribution in [3.63, 3.8) is 0 Å². The lowest BCUT2D eigenvalue weighted by atomic mass is 9.92. The zero-order valence-electron chi connectivity index (χ0n) is 16.1. The molecule has 1 atom stereocenters. The van der Waals surface area contributed by atoms with Gasteiger partial charge in [0.1, 0.15) is 15.9 Å². The van der Waals surface area contributed by atoms with Crippen LogP contribution in [0.5, 0.6) is 0 Å². The Labute approximate surface area is 170 Å². The number of fused-ring (bicyclic) bond motifs is 1. The molecule has 0 unspecified atom stereocenters. The topological polar surface area (TPSA) is 83.5 Å². The number of sulfonamides is 1. The van der Waals surface area contributed by atoms with Crippen LogP contribution in [0, 0.1) is 5.92 Å². The van der Waals surface area contributed by atoms with Gasteiger partial charge < -0.3 is 4.90 Å². The molecule has 1 aromatic heterocycles. The van der Waals surface area contributed by atoms with E-state index in [9.17, 15) is 13.2 Å². The van der Waals surface area contributed by atoms with Crippen molar-refractivity contribution in [1.29, 1.82) is 0 Å². The number of nitrogens with zero attached hydrogens (tertiary/aromatic N) is 4. The van der Waals surface area contributed by atoms with Crippen LogP contribution in [-0.4, -0.2) is 58.5 Å². The van der Waals surface area contributed by atoms with Gasteiger partial charge in [0.25, 0.3) is 0 Å². The highest BCUT2D eigenvalue weighted by Gasteiger charge is 2.36. The van der Waals surface area contributed by atoms with E-state index in [1.807, 2.05) is 11.9 Å². The predicted molar refractivity (Wildman–Crippen MR) is 109 cm³/mol. The Hall–Kier alpha value is -1.58. The zero-order chi connectivity index (χ0) is 19.7. The maximum Gasteiger partial charge on any atom is 0.245 e. The summed E-state index contributed by atoms with van der Waals surface area (Å²) in [4.78, 5) is 15.1. The molecule has 0 N–H and O–H groups in total. The summed E-state index contributed by atoms with van der Waals surface area (Å²) in [6, 6.07) is 5.33. The molecule has 2 heterocycles. The van der Waals surface area contributed by atoms with E-state index in [4.69, 9.17) is 0 Å². The molecule has 1 saturated heterocycles. The van der Waals surface area contributed by atoms with E-state index in [2.05, 4.69) is 8.75 Å². The molecule has 1 saturated carbocycles. The van der Waals surface area contributed by atoms with Crippen molar-refractivity contribution in [2.75, 3.05) is 20.1 Å². The van der Waals surface area contributed by atoms with Gasteiger partial charge in [-0.15, -0.1) is 0 Å². The molecular formula is C19H26N4O3S2. The maximum absolute atomic E-state index is 13.3. The van der Waals surface area contributed by atoms with Crippen LogP contribution in [0.3, 0.4) is 0 Å². The molecule has 1 aliphatic carbocycles. The molecule has 7 nitrogen and oxygen atoms in total. The van der Waals surface area contributed by atoms with Crippen LogP contribution < -0.4 is 0 Å².